The lowest BCUT2D eigenvalue weighted by molar-refractivity contribution is -0.146. The van der Waals surface area contributed by atoms with Gasteiger partial charge in [-0.2, -0.15) is 0 Å². The molecule has 0 aliphatic rings. The summed E-state index contributed by atoms with van der Waals surface area (Å²) in [7, 11) is -4.46. The van der Waals surface area contributed by atoms with E-state index in [1.54, 1.807) is 25.1 Å². The first-order valence-corrected chi connectivity index (χ1v) is 12.8. The van der Waals surface area contributed by atoms with Gasteiger partial charge in [-0.15, -0.1) is 0 Å². The lowest BCUT2D eigenvalue weighted by Gasteiger charge is -2.25. The SMILES string of the molecule is CCCOC(=O)COc1c(N(CC(=O)OCCC)S(=O)(=O)c2ccccc2)c(=O)oc2ccccc12. The van der Waals surface area contributed by atoms with E-state index >= 15 is 0 Å². The molecule has 3 rings (SSSR count). The molecule has 0 N–H and O–H groups in total. The van der Waals surface area contributed by atoms with Crippen molar-refractivity contribution in [2.24, 2.45) is 0 Å². The summed E-state index contributed by atoms with van der Waals surface area (Å²) in [5, 5.41) is 0.227. The molecular formula is C25H27NO9S. The van der Waals surface area contributed by atoms with Crippen molar-refractivity contribution >= 4 is 38.6 Å². The number of sulfonamides is 1. The topological polar surface area (TPSA) is 129 Å². The minimum absolute atomic E-state index is 0.0665. The Morgan fingerprint density at radius 3 is 2.17 bits per heavy atom. The minimum Gasteiger partial charge on any atom is -0.479 e. The second kappa shape index (κ2) is 12.2. The van der Waals surface area contributed by atoms with Crippen LogP contribution in [-0.2, 0) is 29.1 Å². The maximum Gasteiger partial charge on any atom is 0.364 e. The lowest BCUT2D eigenvalue weighted by atomic mass is 10.2. The Morgan fingerprint density at radius 1 is 0.889 bits per heavy atom. The molecule has 10 nitrogen and oxygen atoms in total. The molecule has 0 radical (unpaired) electrons. The van der Waals surface area contributed by atoms with Gasteiger partial charge in [-0.1, -0.05) is 44.2 Å². The van der Waals surface area contributed by atoms with E-state index in [2.05, 4.69) is 0 Å². The average molecular weight is 518 g/mol. The lowest BCUT2D eigenvalue weighted by Crippen LogP contribution is -2.39. The van der Waals surface area contributed by atoms with Gasteiger partial charge in [0.05, 0.1) is 23.5 Å². The smallest absolute Gasteiger partial charge is 0.364 e. The number of rotatable bonds is 12. The van der Waals surface area contributed by atoms with E-state index < -0.39 is 46.4 Å². The van der Waals surface area contributed by atoms with Crippen LogP contribution in [0, 0.1) is 0 Å². The molecule has 192 valence electrons. The number of carbonyl (C=O) groups excluding carboxylic acids is 2. The van der Waals surface area contributed by atoms with Crippen molar-refractivity contribution in [3.8, 4) is 5.75 Å². The fourth-order valence-corrected chi connectivity index (χ4v) is 4.67. The Balaban J connectivity index is 2.19. The van der Waals surface area contributed by atoms with Gasteiger partial charge in [0.1, 0.15) is 12.1 Å². The highest BCUT2D eigenvalue weighted by Crippen LogP contribution is 2.36. The summed E-state index contributed by atoms with van der Waals surface area (Å²) in [6.45, 7) is 2.43. The van der Waals surface area contributed by atoms with Crippen LogP contribution in [0.25, 0.3) is 11.0 Å². The first kappa shape index (κ1) is 26.7. The zero-order chi connectivity index (χ0) is 26.1. The fourth-order valence-electron chi connectivity index (χ4n) is 3.24. The first-order valence-electron chi connectivity index (χ1n) is 11.4. The molecule has 0 atom stereocenters. The quantitative estimate of drug-likeness (QED) is 0.262. The van der Waals surface area contributed by atoms with Gasteiger partial charge >= 0.3 is 17.6 Å². The van der Waals surface area contributed by atoms with Gasteiger partial charge in [-0.05, 0) is 37.1 Å². The van der Waals surface area contributed by atoms with E-state index in [0.29, 0.717) is 17.1 Å². The Kier molecular flexibility index (Phi) is 9.07. The molecule has 0 unspecified atom stereocenters. The maximum atomic E-state index is 13.7. The average Bonchev–Trinajstić information content (AvgIpc) is 2.88. The summed E-state index contributed by atoms with van der Waals surface area (Å²) in [4.78, 5) is 37.7. The number of para-hydroxylation sites is 1. The van der Waals surface area contributed by atoms with Gasteiger partial charge in [-0.25, -0.2) is 22.3 Å². The molecule has 1 heterocycles. The number of hydrogen-bond acceptors (Lipinski definition) is 9. The molecule has 2 aromatic carbocycles. The summed E-state index contributed by atoms with van der Waals surface area (Å²) >= 11 is 0. The minimum atomic E-state index is -4.46. The second-order valence-corrected chi connectivity index (χ2v) is 9.48. The molecule has 0 aliphatic carbocycles. The van der Waals surface area contributed by atoms with Gasteiger partial charge in [0, 0.05) is 0 Å². The molecule has 0 saturated heterocycles. The third kappa shape index (κ3) is 6.22. The summed E-state index contributed by atoms with van der Waals surface area (Å²) in [6, 6.07) is 13.6. The molecule has 0 bridgehead atoms. The Morgan fingerprint density at radius 2 is 1.50 bits per heavy atom. The highest BCUT2D eigenvalue weighted by atomic mass is 32.2. The van der Waals surface area contributed by atoms with Crippen molar-refractivity contribution in [3.63, 3.8) is 0 Å². The zero-order valence-corrected chi connectivity index (χ0v) is 20.8. The Labute approximate surface area is 208 Å². The maximum absolute atomic E-state index is 13.7. The van der Waals surface area contributed by atoms with Gasteiger partial charge in [-0.3, -0.25) is 4.79 Å². The summed E-state index contributed by atoms with van der Waals surface area (Å²) in [5.41, 5.74) is -1.53. The summed E-state index contributed by atoms with van der Waals surface area (Å²) in [5.74, 6) is -1.82. The van der Waals surface area contributed by atoms with Crippen LogP contribution >= 0.6 is 0 Å². The molecule has 0 aliphatic heterocycles. The van der Waals surface area contributed by atoms with Crippen LogP contribution < -0.4 is 14.7 Å². The fraction of sp³-hybridized carbons (Fsp3) is 0.320. The predicted molar refractivity (Wildman–Crippen MR) is 131 cm³/mol. The van der Waals surface area contributed by atoms with E-state index in [1.165, 1.54) is 36.4 Å². The van der Waals surface area contributed by atoms with Crippen molar-refractivity contribution < 1.29 is 36.6 Å². The van der Waals surface area contributed by atoms with E-state index in [0.717, 1.165) is 0 Å². The van der Waals surface area contributed by atoms with Crippen LogP contribution in [0.5, 0.6) is 5.75 Å². The standard InChI is InChI=1S/C25H27NO9S/c1-3-14-32-21(27)16-26(36(30,31)18-10-6-5-7-11-18)23-24(34-17-22(28)33-15-4-2)19-12-8-9-13-20(19)35-25(23)29/h5-13H,3-4,14-17H2,1-2H3. The third-order valence-electron chi connectivity index (χ3n) is 4.86. The molecule has 0 amide bonds. The van der Waals surface area contributed by atoms with Crippen molar-refractivity contribution in [1.29, 1.82) is 0 Å². The number of benzene rings is 2. The van der Waals surface area contributed by atoms with Crippen LogP contribution in [-0.4, -0.2) is 46.7 Å². The number of esters is 2. The van der Waals surface area contributed by atoms with Gasteiger partial charge in [0.15, 0.2) is 18.0 Å². The molecule has 11 heteroatoms. The largest absolute Gasteiger partial charge is 0.479 e. The molecule has 0 fully saturated rings. The van der Waals surface area contributed by atoms with E-state index in [9.17, 15) is 22.8 Å². The normalized spacial score (nSPS) is 11.2. The molecule has 36 heavy (non-hydrogen) atoms. The molecular weight excluding hydrogens is 490 g/mol. The molecule has 0 saturated carbocycles. The van der Waals surface area contributed by atoms with Crippen molar-refractivity contribution in [3.05, 3.63) is 65.0 Å². The third-order valence-corrected chi connectivity index (χ3v) is 6.62. The number of hydrogen-bond donors (Lipinski definition) is 0. The van der Waals surface area contributed by atoms with E-state index in [-0.39, 0.29) is 34.8 Å². The zero-order valence-electron chi connectivity index (χ0n) is 20.0. The first-order chi connectivity index (χ1) is 17.3. The van der Waals surface area contributed by atoms with E-state index in [1.807, 2.05) is 6.92 Å². The number of carbonyl (C=O) groups is 2. The highest BCUT2D eigenvalue weighted by molar-refractivity contribution is 7.92. The monoisotopic (exact) mass is 517 g/mol. The number of anilines is 1. The van der Waals surface area contributed by atoms with Crippen LogP contribution in [0.1, 0.15) is 26.7 Å². The highest BCUT2D eigenvalue weighted by Gasteiger charge is 2.34. The predicted octanol–water partition coefficient (Wildman–Crippen LogP) is 3.27. The second-order valence-electron chi connectivity index (χ2n) is 7.62. The Bertz CT molecular complexity index is 1370. The summed E-state index contributed by atoms with van der Waals surface area (Å²) < 4.78 is 49.1. The number of nitrogens with zero attached hydrogens (tertiary/aromatic N) is 1. The van der Waals surface area contributed by atoms with Crippen LogP contribution in [0.4, 0.5) is 5.69 Å². The summed E-state index contributed by atoms with van der Waals surface area (Å²) in [6.07, 6.45) is 1.11. The Hall–Kier alpha value is -3.86. The molecule has 3 aromatic rings. The van der Waals surface area contributed by atoms with Gasteiger partial charge in [0.2, 0.25) is 0 Å². The number of ether oxygens (including phenoxy) is 3. The number of fused-ring (bicyclic) bond motifs is 1. The van der Waals surface area contributed by atoms with Crippen LogP contribution in [0.15, 0.2) is 68.7 Å². The van der Waals surface area contributed by atoms with Crippen molar-refractivity contribution in [2.45, 2.75) is 31.6 Å². The van der Waals surface area contributed by atoms with Gasteiger partial charge in [0.25, 0.3) is 10.0 Å². The van der Waals surface area contributed by atoms with Crippen LogP contribution in [0.3, 0.4) is 0 Å². The van der Waals surface area contributed by atoms with Crippen molar-refractivity contribution in [1.82, 2.24) is 0 Å². The van der Waals surface area contributed by atoms with Gasteiger partial charge < -0.3 is 18.6 Å². The molecule has 1 aromatic heterocycles. The molecule has 0 spiro atoms. The van der Waals surface area contributed by atoms with E-state index in [4.69, 9.17) is 18.6 Å². The van der Waals surface area contributed by atoms with Crippen molar-refractivity contribution in [2.75, 3.05) is 30.7 Å². The van der Waals surface area contributed by atoms with Crippen LogP contribution in [0.2, 0.25) is 0 Å².